The van der Waals surface area contributed by atoms with Crippen molar-refractivity contribution in [3.8, 4) is 22.3 Å². The van der Waals surface area contributed by atoms with E-state index in [1.165, 1.54) is 100 Å². The van der Waals surface area contributed by atoms with Gasteiger partial charge in [0, 0.05) is 0 Å². The van der Waals surface area contributed by atoms with E-state index in [0.717, 1.165) is 25.7 Å². The second-order valence-corrected chi connectivity index (χ2v) is 60.1. The van der Waals surface area contributed by atoms with Crippen molar-refractivity contribution in [2.45, 2.75) is 87.6 Å². The fraction of sp³-hybridized carbons (Fsp3) is 0.259. The summed E-state index contributed by atoms with van der Waals surface area (Å²) in [7, 11) is 18.3. The molecule has 6 aromatic carbocycles. The van der Waals surface area contributed by atoms with Gasteiger partial charge in [-0.05, 0) is 0 Å². The Kier molecular flexibility index (Phi) is 11.5. The molecule has 0 aromatic heterocycles. The van der Waals surface area contributed by atoms with Gasteiger partial charge in [0.15, 0.2) is 0 Å². The standard InChI is InChI=1S/2C26H25.C2H7Si.2ClH.Zr/c2*1-4-8-21-11-12-22-16-23(20-9-6-5-7-10-20)17-25(22)26(21)24-14-18(2)13-19(3)15-24;1-3-2;;;/h2*5-7,9-17H,4,8H2,1-3H3;3H,1-2H3;2*1H;/q;;;;;+2/p-2. The molecule has 2 aliphatic carbocycles. The molecule has 0 fully saturated rings. The van der Waals surface area contributed by atoms with Crippen molar-refractivity contribution >= 4 is 46.2 Å². The van der Waals surface area contributed by atoms with Crippen LogP contribution in [0.25, 0.3) is 45.6 Å². The average molecular weight is 896 g/mol. The van der Waals surface area contributed by atoms with Crippen LogP contribution in [0, 0.1) is 27.7 Å². The minimum absolute atomic E-state index is 0.0859. The molecule has 2 aliphatic rings. The molecule has 6 aromatic rings. The molecule has 0 saturated heterocycles. The molecule has 0 spiro atoms. The molecular weight excluding hydrogens is 839 g/mol. The second kappa shape index (κ2) is 16.2. The van der Waals surface area contributed by atoms with Gasteiger partial charge in [-0.2, -0.15) is 0 Å². The predicted octanol–water partition coefficient (Wildman–Crippen LogP) is 16.0. The van der Waals surface area contributed by atoms with Gasteiger partial charge in [0.1, 0.15) is 0 Å². The van der Waals surface area contributed by atoms with Crippen LogP contribution in [0.1, 0.15) is 101 Å². The number of aryl methyl sites for hydroxylation is 6. The van der Waals surface area contributed by atoms with Crippen molar-refractivity contribution in [1.29, 1.82) is 0 Å². The molecule has 295 valence electrons. The summed E-state index contributed by atoms with van der Waals surface area (Å²) in [6, 6.07) is 45.9. The normalized spacial score (nSPS) is 16.8. The molecule has 2 atom stereocenters. The molecule has 2 unspecified atom stereocenters. The van der Waals surface area contributed by atoms with E-state index in [1.807, 2.05) is 0 Å². The fourth-order valence-electron chi connectivity index (χ4n) is 10.6. The summed E-state index contributed by atoms with van der Waals surface area (Å²) >= 11 is -5.28. The van der Waals surface area contributed by atoms with Gasteiger partial charge in [-0.15, -0.1) is 0 Å². The van der Waals surface area contributed by atoms with Gasteiger partial charge in [-0.3, -0.25) is 0 Å². The Balaban J connectivity index is 1.47. The van der Waals surface area contributed by atoms with Crippen LogP contribution in [0.2, 0.25) is 13.1 Å². The van der Waals surface area contributed by atoms with Crippen molar-refractivity contribution in [2.24, 2.45) is 0 Å². The summed E-state index contributed by atoms with van der Waals surface area (Å²) in [6.07, 6.45) is 9.23. The molecule has 8 rings (SSSR count). The summed E-state index contributed by atoms with van der Waals surface area (Å²) < 4.78 is -0.172. The van der Waals surface area contributed by atoms with Gasteiger partial charge in [0.2, 0.25) is 0 Å². The number of allylic oxidation sites excluding steroid dienone is 2. The van der Waals surface area contributed by atoms with E-state index in [1.54, 1.807) is 0 Å². The number of hydrogen-bond donors (Lipinski definition) is 0. The molecule has 58 heavy (non-hydrogen) atoms. The minimum atomic E-state index is -5.28. The second-order valence-electron chi connectivity index (χ2n) is 17.6. The molecule has 4 heteroatoms. The Morgan fingerprint density at radius 2 is 0.845 bits per heavy atom. The van der Waals surface area contributed by atoms with Crippen LogP contribution in [-0.4, -0.2) is 5.92 Å². The molecule has 0 amide bonds. The first-order chi connectivity index (χ1) is 27.8. The predicted molar refractivity (Wildman–Crippen MR) is 255 cm³/mol. The molecule has 0 heterocycles. The first kappa shape index (κ1) is 41.2. The third kappa shape index (κ3) is 7.05. The number of benzene rings is 6. The van der Waals surface area contributed by atoms with Crippen molar-refractivity contribution in [3.05, 3.63) is 188 Å². The Bertz CT molecular complexity index is 2380. The molecule has 0 aliphatic heterocycles. The Hall–Kier alpha value is -3.52. The monoisotopic (exact) mass is 893 g/mol. The molecule has 0 saturated carbocycles. The Morgan fingerprint density at radius 3 is 1.17 bits per heavy atom. The van der Waals surface area contributed by atoms with Gasteiger partial charge in [0.05, 0.1) is 0 Å². The Morgan fingerprint density at radius 1 is 0.483 bits per heavy atom. The van der Waals surface area contributed by atoms with E-state index in [9.17, 15) is 0 Å². The van der Waals surface area contributed by atoms with E-state index in [0.29, 0.717) is 0 Å². The van der Waals surface area contributed by atoms with Crippen LogP contribution >= 0.6 is 17.0 Å². The van der Waals surface area contributed by atoms with E-state index in [2.05, 4.69) is 188 Å². The number of fused-ring (bicyclic) bond motifs is 2. The van der Waals surface area contributed by atoms with Crippen molar-refractivity contribution in [1.82, 2.24) is 0 Å². The van der Waals surface area contributed by atoms with Crippen LogP contribution < -0.4 is 0 Å². The number of rotatable bonds is 11. The topological polar surface area (TPSA) is 0 Å². The van der Waals surface area contributed by atoms with Crippen molar-refractivity contribution in [3.63, 3.8) is 0 Å². The van der Waals surface area contributed by atoms with Crippen LogP contribution in [0.5, 0.6) is 0 Å². The van der Waals surface area contributed by atoms with Crippen LogP contribution in [0.4, 0.5) is 0 Å². The third-order valence-electron chi connectivity index (χ3n) is 13.1. The maximum absolute atomic E-state index is 9.14. The van der Waals surface area contributed by atoms with Crippen LogP contribution in [0.3, 0.4) is 0 Å². The first-order valence-corrected chi connectivity index (χ1v) is 37.7. The molecule has 0 radical (unpaired) electrons. The molecular formula is C54H57Cl2SiZr. The summed E-state index contributed by atoms with van der Waals surface area (Å²) in [4.78, 5) is 0. The van der Waals surface area contributed by atoms with Gasteiger partial charge in [0.25, 0.3) is 0 Å². The van der Waals surface area contributed by atoms with Crippen molar-refractivity contribution in [2.75, 3.05) is 0 Å². The van der Waals surface area contributed by atoms with Crippen LogP contribution in [0.15, 0.2) is 121 Å². The first-order valence-electron chi connectivity index (χ1n) is 21.4. The SMILES string of the molecule is CCCc1ccc2c(c1-c1cc(C)cc(C)c1)C=C(c1ccccc1)[CH]2[Zr]([Cl])([Cl])([CH]1C(c2ccccc2)=Cc2c1ccc(CCC)c2-c1cc(C)cc(C)c1)[SiH](C)C. The average Bonchev–Trinajstić information content (AvgIpc) is 3.79. The zero-order valence-electron chi connectivity index (χ0n) is 35.5. The number of halogens is 2. The molecule has 0 nitrogen and oxygen atoms in total. The summed E-state index contributed by atoms with van der Waals surface area (Å²) in [5.41, 5.74) is 23.5. The van der Waals surface area contributed by atoms with Gasteiger partial charge < -0.3 is 0 Å². The molecule has 0 bridgehead atoms. The van der Waals surface area contributed by atoms with Gasteiger partial charge in [-0.25, -0.2) is 0 Å². The third-order valence-corrected chi connectivity index (χ3v) is 64.6. The van der Waals surface area contributed by atoms with Gasteiger partial charge >= 0.3 is 360 Å². The number of hydrogen-bond acceptors (Lipinski definition) is 0. The zero-order chi connectivity index (χ0) is 41.0. The fourth-order valence-corrected chi connectivity index (χ4v) is 40.8. The van der Waals surface area contributed by atoms with Gasteiger partial charge in [-0.1, -0.05) is 0 Å². The summed E-state index contributed by atoms with van der Waals surface area (Å²) in [5, 5.41) is 0. The van der Waals surface area contributed by atoms with E-state index >= 15 is 0 Å². The summed E-state index contributed by atoms with van der Waals surface area (Å²) in [5.74, 6) is -1.87. The van der Waals surface area contributed by atoms with E-state index in [-0.39, 0.29) is 7.25 Å². The zero-order valence-corrected chi connectivity index (χ0v) is 40.6. The van der Waals surface area contributed by atoms with Crippen LogP contribution in [-0.2, 0) is 28.4 Å². The maximum atomic E-state index is 9.14. The van der Waals surface area contributed by atoms with E-state index in [4.69, 9.17) is 17.0 Å². The van der Waals surface area contributed by atoms with Crippen molar-refractivity contribution < 1.29 is 15.6 Å². The summed E-state index contributed by atoms with van der Waals surface area (Å²) in [6.45, 7) is 18.4. The quantitative estimate of drug-likeness (QED) is 0.114. The Labute approximate surface area is 356 Å². The van der Waals surface area contributed by atoms with E-state index < -0.39 is 21.5 Å². The molecule has 0 N–H and O–H groups in total.